The van der Waals surface area contributed by atoms with Gasteiger partial charge in [0.2, 0.25) is 5.91 Å². The number of nitrogens with zero attached hydrogens (tertiary/aromatic N) is 1. The van der Waals surface area contributed by atoms with Gasteiger partial charge in [0.05, 0.1) is 6.61 Å². The van der Waals surface area contributed by atoms with E-state index in [0.29, 0.717) is 25.3 Å². The molecule has 0 saturated carbocycles. The topological polar surface area (TPSA) is 72.6 Å². The Bertz CT molecular complexity index is 484. The molecule has 0 radical (unpaired) electrons. The van der Waals surface area contributed by atoms with Gasteiger partial charge in [0.1, 0.15) is 0 Å². The van der Waals surface area contributed by atoms with Crippen molar-refractivity contribution in [2.24, 2.45) is 0 Å². The first kappa shape index (κ1) is 14.4. The molecule has 0 unspecified atom stereocenters. The fourth-order valence-electron chi connectivity index (χ4n) is 2.44. The molecule has 0 aromatic heterocycles. The van der Waals surface area contributed by atoms with Crippen LogP contribution in [0.4, 0.5) is 5.69 Å². The third-order valence-corrected chi connectivity index (χ3v) is 3.43. The van der Waals surface area contributed by atoms with Gasteiger partial charge in [-0.25, -0.2) is 4.79 Å². The van der Waals surface area contributed by atoms with Crippen molar-refractivity contribution in [3.05, 3.63) is 29.8 Å². The first-order chi connectivity index (χ1) is 9.63. The number of nitrogens with two attached hydrogens (primary N) is 1. The molecule has 1 aromatic rings. The van der Waals surface area contributed by atoms with E-state index in [1.165, 1.54) is 0 Å². The van der Waals surface area contributed by atoms with Gasteiger partial charge in [0.15, 0.2) is 6.04 Å². The van der Waals surface area contributed by atoms with Crippen molar-refractivity contribution in [2.45, 2.75) is 32.2 Å². The average Bonchev–Trinajstić information content (AvgIpc) is 2.44. The minimum atomic E-state index is -0.664. The molecule has 0 spiro atoms. The summed E-state index contributed by atoms with van der Waals surface area (Å²) in [5.41, 5.74) is 7.04. The Hall–Kier alpha value is -2.04. The number of benzene rings is 1. The van der Waals surface area contributed by atoms with Gasteiger partial charge in [-0.2, -0.15) is 0 Å². The summed E-state index contributed by atoms with van der Waals surface area (Å²) < 4.78 is 5.13. The predicted molar refractivity (Wildman–Crippen MR) is 75.8 cm³/mol. The second kappa shape index (κ2) is 6.41. The minimum absolute atomic E-state index is 0.00567. The number of esters is 1. The van der Waals surface area contributed by atoms with Crippen LogP contribution in [0.1, 0.15) is 37.8 Å². The monoisotopic (exact) mass is 276 g/mol. The van der Waals surface area contributed by atoms with E-state index in [4.69, 9.17) is 10.5 Å². The van der Waals surface area contributed by atoms with E-state index >= 15 is 0 Å². The molecule has 1 aliphatic rings. The number of rotatable bonds is 4. The van der Waals surface area contributed by atoms with Gasteiger partial charge in [0.25, 0.3) is 0 Å². The van der Waals surface area contributed by atoms with Gasteiger partial charge in [-0.1, -0.05) is 12.1 Å². The lowest BCUT2D eigenvalue weighted by atomic mass is 10.0. The van der Waals surface area contributed by atoms with E-state index in [0.717, 1.165) is 18.4 Å². The molecule has 1 amide bonds. The number of hydrogen-bond acceptors (Lipinski definition) is 4. The van der Waals surface area contributed by atoms with Crippen molar-refractivity contribution >= 4 is 17.6 Å². The largest absolute Gasteiger partial charge is 0.464 e. The Balaban J connectivity index is 2.30. The molecule has 2 N–H and O–H groups in total. The molecule has 20 heavy (non-hydrogen) atoms. The van der Waals surface area contributed by atoms with Crippen molar-refractivity contribution in [3.63, 3.8) is 0 Å². The highest BCUT2D eigenvalue weighted by Gasteiger charge is 2.33. The van der Waals surface area contributed by atoms with Crippen LogP contribution in [-0.4, -0.2) is 29.9 Å². The normalized spacial score (nSPS) is 16.9. The van der Waals surface area contributed by atoms with Crippen molar-refractivity contribution in [1.82, 2.24) is 4.90 Å². The first-order valence-corrected chi connectivity index (χ1v) is 6.95. The number of carbonyl (C=O) groups excluding carboxylic acids is 2. The van der Waals surface area contributed by atoms with Gasteiger partial charge in [-0.3, -0.25) is 4.79 Å². The van der Waals surface area contributed by atoms with Crippen LogP contribution in [0.15, 0.2) is 24.3 Å². The second-order valence-electron chi connectivity index (χ2n) is 4.87. The van der Waals surface area contributed by atoms with Gasteiger partial charge in [0, 0.05) is 18.7 Å². The summed E-state index contributed by atoms with van der Waals surface area (Å²) in [6, 6.07) is 6.35. The van der Waals surface area contributed by atoms with Crippen LogP contribution in [-0.2, 0) is 14.3 Å². The zero-order chi connectivity index (χ0) is 14.5. The van der Waals surface area contributed by atoms with Crippen molar-refractivity contribution < 1.29 is 14.3 Å². The number of nitrogen functional groups attached to an aromatic ring is 1. The van der Waals surface area contributed by atoms with Crippen LogP contribution in [0.2, 0.25) is 0 Å². The van der Waals surface area contributed by atoms with Crippen LogP contribution >= 0.6 is 0 Å². The third kappa shape index (κ3) is 3.10. The molecule has 1 heterocycles. The van der Waals surface area contributed by atoms with Gasteiger partial charge in [-0.05, 0) is 37.5 Å². The fraction of sp³-hybridized carbons (Fsp3) is 0.467. The lowest BCUT2D eigenvalue weighted by Crippen LogP contribution is -2.42. The fourth-order valence-corrected chi connectivity index (χ4v) is 2.44. The summed E-state index contributed by atoms with van der Waals surface area (Å²) >= 11 is 0. The highest BCUT2D eigenvalue weighted by molar-refractivity contribution is 5.86. The van der Waals surface area contributed by atoms with E-state index < -0.39 is 6.04 Å². The molecule has 1 fully saturated rings. The quantitative estimate of drug-likeness (QED) is 0.673. The molecule has 5 heteroatoms. The Morgan fingerprint density at radius 1 is 1.35 bits per heavy atom. The summed E-state index contributed by atoms with van der Waals surface area (Å²) in [7, 11) is 0. The molecule has 2 rings (SSSR count). The Kier molecular flexibility index (Phi) is 4.61. The van der Waals surface area contributed by atoms with E-state index in [1.807, 2.05) is 0 Å². The van der Waals surface area contributed by atoms with Crippen molar-refractivity contribution in [1.29, 1.82) is 0 Å². The van der Waals surface area contributed by atoms with Crippen LogP contribution in [0.25, 0.3) is 0 Å². The van der Waals surface area contributed by atoms with Crippen molar-refractivity contribution in [2.75, 3.05) is 18.9 Å². The second-order valence-corrected chi connectivity index (χ2v) is 4.87. The van der Waals surface area contributed by atoms with Gasteiger partial charge in [-0.15, -0.1) is 0 Å². The minimum Gasteiger partial charge on any atom is -0.464 e. The Morgan fingerprint density at radius 2 is 2.05 bits per heavy atom. The van der Waals surface area contributed by atoms with Gasteiger partial charge < -0.3 is 15.4 Å². The highest BCUT2D eigenvalue weighted by atomic mass is 16.5. The van der Waals surface area contributed by atoms with Crippen LogP contribution in [0, 0.1) is 0 Å². The average molecular weight is 276 g/mol. The maximum Gasteiger partial charge on any atom is 0.333 e. The number of amides is 1. The Labute approximate surface area is 118 Å². The Morgan fingerprint density at radius 3 is 2.65 bits per heavy atom. The maximum absolute atomic E-state index is 12.2. The zero-order valence-electron chi connectivity index (χ0n) is 11.7. The molecule has 0 aliphatic carbocycles. The van der Waals surface area contributed by atoms with Gasteiger partial charge >= 0.3 is 5.97 Å². The smallest absolute Gasteiger partial charge is 0.333 e. The van der Waals surface area contributed by atoms with Crippen molar-refractivity contribution in [3.8, 4) is 0 Å². The molecular formula is C15H20N2O3. The zero-order valence-corrected chi connectivity index (χ0v) is 11.7. The molecule has 1 aromatic carbocycles. The van der Waals surface area contributed by atoms with E-state index in [2.05, 4.69) is 0 Å². The summed E-state index contributed by atoms with van der Waals surface area (Å²) in [6.07, 6.45) is 2.29. The predicted octanol–water partition coefficient (Wildman–Crippen LogP) is 1.89. The lowest BCUT2D eigenvalue weighted by Gasteiger charge is -2.33. The number of likely N-dealkylation sites (tertiary alicyclic amines) is 1. The molecule has 1 saturated heterocycles. The van der Waals surface area contributed by atoms with E-state index in [1.54, 1.807) is 36.1 Å². The van der Waals surface area contributed by atoms with E-state index in [-0.39, 0.29) is 11.9 Å². The highest BCUT2D eigenvalue weighted by Crippen LogP contribution is 2.27. The number of hydrogen-bond donors (Lipinski definition) is 1. The van der Waals surface area contributed by atoms with Crippen LogP contribution in [0.3, 0.4) is 0 Å². The number of piperidine rings is 1. The van der Waals surface area contributed by atoms with E-state index in [9.17, 15) is 9.59 Å². The molecular weight excluding hydrogens is 256 g/mol. The van der Waals surface area contributed by atoms with Crippen LogP contribution < -0.4 is 5.73 Å². The summed E-state index contributed by atoms with van der Waals surface area (Å²) in [5, 5.41) is 0. The number of ether oxygens (including phenoxy) is 1. The first-order valence-electron chi connectivity index (χ1n) is 6.95. The summed E-state index contributed by atoms with van der Waals surface area (Å²) in [5.74, 6) is -0.376. The SMILES string of the molecule is CCOC(=O)[C@H](c1ccc(N)cc1)N1CCCCC1=O. The third-order valence-electron chi connectivity index (χ3n) is 3.43. The number of carbonyl (C=O) groups is 2. The molecule has 1 aliphatic heterocycles. The molecule has 5 nitrogen and oxygen atoms in total. The summed E-state index contributed by atoms with van der Waals surface area (Å²) in [6.45, 7) is 2.65. The van der Waals surface area contributed by atoms with Crippen LogP contribution in [0.5, 0.6) is 0 Å². The molecule has 108 valence electrons. The summed E-state index contributed by atoms with van der Waals surface area (Å²) in [4.78, 5) is 25.9. The molecule has 1 atom stereocenters. The maximum atomic E-state index is 12.2. The number of anilines is 1. The standard InChI is InChI=1S/C15H20N2O3/c1-2-20-15(19)14(11-6-8-12(16)9-7-11)17-10-4-3-5-13(17)18/h6-9,14H,2-5,10,16H2,1H3/t14-/m0/s1. The molecule has 0 bridgehead atoms. The lowest BCUT2D eigenvalue weighted by molar-refractivity contribution is -0.156.